The molecule has 0 spiro atoms. The Kier molecular flexibility index (Phi) is 6.60. The number of benzene rings is 1. The zero-order valence-electron chi connectivity index (χ0n) is 21.7. The molecule has 0 saturated carbocycles. The van der Waals surface area contributed by atoms with Gasteiger partial charge in [-0.25, -0.2) is 19.0 Å². The first-order valence-electron chi connectivity index (χ1n) is 12.8. The van der Waals surface area contributed by atoms with Crippen molar-refractivity contribution in [1.82, 2.24) is 24.3 Å². The summed E-state index contributed by atoms with van der Waals surface area (Å²) in [5.41, 5.74) is -1.44. The van der Waals surface area contributed by atoms with Crippen LogP contribution in [0.2, 0.25) is 0 Å². The molecular formula is C25H25F4N7O5. The molecule has 218 valence electrons. The maximum absolute atomic E-state index is 14.0. The van der Waals surface area contributed by atoms with Crippen LogP contribution in [0.15, 0.2) is 50.7 Å². The minimum atomic E-state index is -5.35. The van der Waals surface area contributed by atoms with Crippen molar-refractivity contribution in [3.63, 3.8) is 0 Å². The topological polar surface area (TPSA) is 118 Å². The highest BCUT2D eigenvalue weighted by Gasteiger charge is 2.54. The van der Waals surface area contributed by atoms with E-state index in [0.717, 1.165) is 9.13 Å². The standard InChI is InChI=1S/C25H25F4N7O5/c1-32-20-19(21(37)35(24(32)39)12-14-2-4-16(26)5-3-14)34(13-18-31-7-9-40-18)23(36(20)41-22(38)25(27,28)29)33-8-6-15-10-30-11-17(15)33/h2-5,7,9,15,17,23,30H,6,8,10-13H2,1H3. The third kappa shape index (κ3) is 4.65. The lowest BCUT2D eigenvalue weighted by Gasteiger charge is -2.39. The molecule has 5 heterocycles. The van der Waals surface area contributed by atoms with E-state index in [4.69, 9.17) is 9.25 Å². The number of fused-ring (bicyclic) bond motifs is 2. The van der Waals surface area contributed by atoms with Gasteiger partial charge in [-0.3, -0.25) is 18.8 Å². The van der Waals surface area contributed by atoms with Crippen LogP contribution in [0.25, 0.3) is 0 Å². The van der Waals surface area contributed by atoms with Crippen LogP contribution >= 0.6 is 0 Å². The Morgan fingerprint density at radius 2 is 1.93 bits per heavy atom. The molecule has 2 fully saturated rings. The number of hydroxylamine groups is 1. The molecule has 0 aliphatic carbocycles. The molecule has 41 heavy (non-hydrogen) atoms. The quantitative estimate of drug-likeness (QED) is 0.426. The average molecular weight is 580 g/mol. The van der Waals surface area contributed by atoms with E-state index in [9.17, 15) is 31.9 Å². The Balaban J connectivity index is 1.53. The van der Waals surface area contributed by atoms with Gasteiger partial charge < -0.3 is 19.5 Å². The Labute approximate surface area is 229 Å². The van der Waals surface area contributed by atoms with Gasteiger partial charge in [0.15, 0.2) is 17.8 Å². The molecule has 3 atom stereocenters. The number of rotatable bonds is 6. The molecule has 0 amide bonds. The maximum atomic E-state index is 14.0. The number of aromatic nitrogens is 3. The van der Waals surface area contributed by atoms with Crippen molar-refractivity contribution in [2.75, 3.05) is 29.6 Å². The number of anilines is 2. The third-order valence-electron chi connectivity index (χ3n) is 7.72. The summed E-state index contributed by atoms with van der Waals surface area (Å²) in [5.74, 6) is -3.01. The number of likely N-dealkylation sites (tertiary alicyclic amines) is 1. The van der Waals surface area contributed by atoms with Crippen molar-refractivity contribution in [2.24, 2.45) is 13.0 Å². The van der Waals surface area contributed by atoms with Crippen molar-refractivity contribution >= 4 is 17.5 Å². The lowest BCUT2D eigenvalue weighted by Crippen LogP contribution is -2.59. The van der Waals surface area contributed by atoms with Crippen LogP contribution in [-0.2, 0) is 29.8 Å². The van der Waals surface area contributed by atoms with Gasteiger partial charge in [0.2, 0.25) is 5.89 Å². The Morgan fingerprint density at radius 3 is 2.61 bits per heavy atom. The maximum Gasteiger partial charge on any atom is 0.493 e. The van der Waals surface area contributed by atoms with E-state index in [1.54, 1.807) is 0 Å². The number of hydrogen-bond acceptors (Lipinski definition) is 10. The Bertz CT molecular complexity index is 1570. The average Bonchev–Trinajstić information content (AvgIpc) is 3.72. The summed E-state index contributed by atoms with van der Waals surface area (Å²) in [6, 6.07) is 5.04. The van der Waals surface area contributed by atoms with Crippen molar-refractivity contribution < 1.29 is 31.6 Å². The van der Waals surface area contributed by atoms with E-state index >= 15 is 0 Å². The summed E-state index contributed by atoms with van der Waals surface area (Å²) in [6.45, 7) is 1.23. The summed E-state index contributed by atoms with van der Waals surface area (Å²) in [7, 11) is 1.27. The normalized spacial score (nSPS) is 22.3. The van der Waals surface area contributed by atoms with Gasteiger partial charge in [-0.05, 0) is 36.6 Å². The van der Waals surface area contributed by atoms with Crippen LogP contribution in [0.1, 0.15) is 17.9 Å². The van der Waals surface area contributed by atoms with E-state index in [1.807, 2.05) is 4.90 Å². The fraction of sp³-hybridized carbons (Fsp3) is 0.440. The summed E-state index contributed by atoms with van der Waals surface area (Å²) >= 11 is 0. The highest BCUT2D eigenvalue weighted by atomic mass is 19.4. The number of halogens is 4. The second-order valence-corrected chi connectivity index (χ2v) is 10.1. The van der Waals surface area contributed by atoms with Crippen LogP contribution in [0.4, 0.5) is 29.1 Å². The second-order valence-electron chi connectivity index (χ2n) is 10.1. The first-order chi connectivity index (χ1) is 19.5. The van der Waals surface area contributed by atoms with E-state index in [-0.39, 0.29) is 42.4 Å². The number of carbonyl (C=O) groups is 1. The second kappa shape index (κ2) is 10.0. The Hall–Kier alpha value is -4.18. The molecule has 0 bridgehead atoms. The van der Waals surface area contributed by atoms with Gasteiger partial charge in [0.1, 0.15) is 12.1 Å². The third-order valence-corrected chi connectivity index (χ3v) is 7.72. The SMILES string of the molecule is Cn1c2c(c(=O)n(Cc3ccc(F)cc3)c1=O)N(Cc1ncco1)C(N1CCC3CNCC31)N2OC(=O)C(F)(F)F. The number of nitrogens with zero attached hydrogens (tertiary/aromatic N) is 6. The van der Waals surface area contributed by atoms with Crippen LogP contribution in [-0.4, -0.2) is 63.1 Å². The summed E-state index contributed by atoms with van der Waals surface area (Å²) in [5, 5.41) is 3.96. The molecule has 0 radical (unpaired) electrons. The zero-order valence-corrected chi connectivity index (χ0v) is 21.7. The van der Waals surface area contributed by atoms with E-state index in [0.29, 0.717) is 36.7 Å². The molecule has 3 aliphatic heterocycles. The fourth-order valence-electron chi connectivity index (χ4n) is 5.86. The van der Waals surface area contributed by atoms with Crippen molar-refractivity contribution in [1.29, 1.82) is 0 Å². The molecular weight excluding hydrogens is 554 g/mol. The van der Waals surface area contributed by atoms with Crippen LogP contribution < -0.4 is 26.5 Å². The summed E-state index contributed by atoms with van der Waals surface area (Å²) < 4.78 is 61.2. The van der Waals surface area contributed by atoms with Gasteiger partial charge in [0.05, 0.1) is 19.3 Å². The monoisotopic (exact) mass is 579 g/mol. The number of oxazole rings is 1. The molecule has 12 nitrogen and oxygen atoms in total. The predicted molar refractivity (Wildman–Crippen MR) is 134 cm³/mol. The molecule has 2 saturated heterocycles. The number of hydrogen-bond donors (Lipinski definition) is 1. The largest absolute Gasteiger partial charge is 0.493 e. The summed E-state index contributed by atoms with van der Waals surface area (Å²) in [4.78, 5) is 52.0. The van der Waals surface area contributed by atoms with Crippen LogP contribution in [0, 0.1) is 11.7 Å². The summed E-state index contributed by atoms with van der Waals surface area (Å²) in [6.07, 6.45) is -3.17. The van der Waals surface area contributed by atoms with Gasteiger partial charge in [0.25, 0.3) is 5.56 Å². The van der Waals surface area contributed by atoms with Gasteiger partial charge in [-0.2, -0.15) is 13.2 Å². The van der Waals surface area contributed by atoms with Crippen molar-refractivity contribution in [2.45, 2.75) is 38.0 Å². The molecule has 3 unspecified atom stereocenters. The smallest absolute Gasteiger partial charge is 0.447 e. The lowest BCUT2D eigenvalue weighted by atomic mass is 10.1. The van der Waals surface area contributed by atoms with Crippen molar-refractivity contribution in [3.05, 3.63) is 74.8 Å². The molecule has 6 rings (SSSR count). The molecule has 2 aromatic heterocycles. The van der Waals surface area contributed by atoms with Crippen LogP contribution in [0.3, 0.4) is 0 Å². The molecule has 16 heteroatoms. The molecule has 3 aliphatic rings. The predicted octanol–water partition coefficient (Wildman–Crippen LogP) is 1.15. The van der Waals surface area contributed by atoms with Gasteiger partial charge in [-0.15, -0.1) is 5.06 Å². The van der Waals surface area contributed by atoms with Gasteiger partial charge >= 0.3 is 17.8 Å². The number of nitrogens with one attached hydrogen (secondary N) is 1. The minimum Gasteiger partial charge on any atom is -0.447 e. The van der Waals surface area contributed by atoms with E-state index in [2.05, 4.69) is 10.3 Å². The molecule has 1 N–H and O–H groups in total. The lowest BCUT2D eigenvalue weighted by molar-refractivity contribution is -0.203. The highest BCUT2D eigenvalue weighted by molar-refractivity contribution is 5.80. The first-order valence-corrected chi connectivity index (χ1v) is 12.8. The Morgan fingerprint density at radius 1 is 1.17 bits per heavy atom. The van der Waals surface area contributed by atoms with Crippen LogP contribution in [0.5, 0.6) is 0 Å². The molecule has 1 aromatic carbocycles. The fourth-order valence-corrected chi connectivity index (χ4v) is 5.86. The number of alkyl halides is 3. The van der Waals surface area contributed by atoms with Gasteiger partial charge in [0, 0.05) is 26.2 Å². The van der Waals surface area contributed by atoms with E-state index in [1.165, 1.54) is 48.7 Å². The number of carbonyl (C=O) groups excluding carboxylic acids is 1. The van der Waals surface area contributed by atoms with Gasteiger partial charge in [-0.1, -0.05) is 12.1 Å². The minimum absolute atomic E-state index is 0.142. The highest BCUT2D eigenvalue weighted by Crippen LogP contribution is 2.42. The van der Waals surface area contributed by atoms with Crippen molar-refractivity contribution in [3.8, 4) is 0 Å². The molecule has 3 aromatic rings. The van der Waals surface area contributed by atoms with E-state index < -0.39 is 35.5 Å². The zero-order chi connectivity index (χ0) is 29.1. The first kappa shape index (κ1) is 27.0.